The number of amides is 1. The third-order valence-corrected chi connectivity index (χ3v) is 5.68. The Bertz CT molecular complexity index is 1310. The van der Waals surface area contributed by atoms with E-state index < -0.39 is 0 Å². The summed E-state index contributed by atoms with van der Waals surface area (Å²) in [4.78, 5) is 17.1. The summed E-state index contributed by atoms with van der Waals surface area (Å²) in [5, 5.41) is 19.9. The predicted molar refractivity (Wildman–Crippen MR) is 121 cm³/mol. The molecule has 0 aliphatic rings. The second kappa shape index (κ2) is 8.65. The van der Waals surface area contributed by atoms with E-state index in [0.29, 0.717) is 16.2 Å². The molecule has 1 amide bonds. The van der Waals surface area contributed by atoms with Crippen molar-refractivity contribution in [2.24, 2.45) is 0 Å². The summed E-state index contributed by atoms with van der Waals surface area (Å²) in [6.45, 7) is 3.83. The molecule has 0 fully saturated rings. The molecule has 0 bridgehead atoms. The summed E-state index contributed by atoms with van der Waals surface area (Å²) in [5.41, 5.74) is 4.05. The normalized spacial score (nSPS) is 10.9. The number of nitrogens with zero attached hydrogens (tertiary/aromatic N) is 3. The third kappa shape index (κ3) is 4.31. The SMILES string of the molecule is COc1ccc(-n2c(SCC(=O)Nc3cccc(C)c3)nc3n[nH]c(C)c3c2=N)cc1. The lowest BCUT2D eigenvalue weighted by atomic mass is 10.2. The number of carbonyl (C=O) groups excluding carboxylic acids is 1. The van der Waals surface area contributed by atoms with Crippen LogP contribution in [0, 0.1) is 19.3 Å². The Kier molecular flexibility index (Phi) is 5.77. The summed E-state index contributed by atoms with van der Waals surface area (Å²) >= 11 is 1.26. The van der Waals surface area contributed by atoms with E-state index in [2.05, 4.69) is 20.5 Å². The van der Waals surface area contributed by atoms with E-state index in [1.807, 2.05) is 62.4 Å². The number of benzene rings is 2. The van der Waals surface area contributed by atoms with Gasteiger partial charge in [0.15, 0.2) is 10.8 Å². The van der Waals surface area contributed by atoms with Crippen LogP contribution in [0.1, 0.15) is 11.3 Å². The number of ether oxygens (including phenoxy) is 1. The zero-order valence-electron chi connectivity index (χ0n) is 17.4. The largest absolute Gasteiger partial charge is 0.497 e. The van der Waals surface area contributed by atoms with Crippen molar-refractivity contribution in [1.29, 1.82) is 5.41 Å². The summed E-state index contributed by atoms with van der Waals surface area (Å²) in [7, 11) is 1.61. The molecule has 0 radical (unpaired) electrons. The molecular weight excluding hydrogens is 412 g/mol. The highest BCUT2D eigenvalue weighted by Gasteiger charge is 2.16. The fourth-order valence-corrected chi connectivity index (χ4v) is 4.06. The minimum atomic E-state index is -0.150. The second-order valence-corrected chi connectivity index (χ2v) is 7.97. The number of rotatable bonds is 6. The Labute approximate surface area is 183 Å². The molecule has 0 spiro atoms. The van der Waals surface area contributed by atoms with E-state index in [1.54, 1.807) is 11.7 Å². The monoisotopic (exact) mass is 434 g/mol. The van der Waals surface area contributed by atoms with Crippen molar-refractivity contribution >= 4 is 34.4 Å². The Morgan fingerprint density at radius 1 is 1.23 bits per heavy atom. The highest BCUT2D eigenvalue weighted by molar-refractivity contribution is 7.99. The number of aryl methyl sites for hydroxylation is 2. The van der Waals surface area contributed by atoms with Crippen LogP contribution in [0.5, 0.6) is 5.75 Å². The van der Waals surface area contributed by atoms with E-state index >= 15 is 0 Å². The molecule has 2 aromatic carbocycles. The van der Waals surface area contributed by atoms with Gasteiger partial charge in [-0.25, -0.2) is 4.98 Å². The highest BCUT2D eigenvalue weighted by Crippen LogP contribution is 2.23. The lowest BCUT2D eigenvalue weighted by Gasteiger charge is -2.14. The van der Waals surface area contributed by atoms with Gasteiger partial charge in [-0.2, -0.15) is 5.10 Å². The van der Waals surface area contributed by atoms with Crippen LogP contribution in [0.15, 0.2) is 53.7 Å². The molecule has 9 heteroatoms. The molecule has 158 valence electrons. The van der Waals surface area contributed by atoms with Crippen LogP contribution in [-0.2, 0) is 4.79 Å². The van der Waals surface area contributed by atoms with Crippen molar-refractivity contribution in [3.63, 3.8) is 0 Å². The van der Waals surface area contributed by atoms with E-state index in [4.69, 9.17) is 10.1 Å². The standard InChI is InChI=1S/C22H22N6O2S/c1-13-5-4-6-15(11-13)24-18(29)12-31-22-25-21-19(14(2)26-27-21)20(23)28(22)16-7-9-17(30-3)10-8-16/h4-11,23H,12H2,1-3H3,(H,24,29)(H,26,27). The molecular formula is C22H22N6O2S. The molecule has 0 saturated carbocycles. The van der Waals surface area contributed by atoms with Crippen LogP contribution in [0.3, 0.4) is 0 Å². The van der Waals surface area contributed by atoms with Gasteiger partial charge in [0, 0.05) is 17.1 Å². The molecule has 2 aromatic heterocycles. The second-order valence-electron chi connectivity index (χ2n) is 7.03. The summed E-state index contributed by atoms with van der Waals surface area (Å²) in [5.74, 6) is 0.713. The number of carbonyl (C=O) groups is 1. The molecule has 4 rings (SSSR count). The minimum absolute atomic E-state index is 0.144. The number of H-pyrrole nitrogens is 1. The number of anilines is 1. The zero-order chi connectivity index (χ0) is 22.0. The van der Waals surface area contributed by atoms with Gasteiger partial charge in [-0.15, -0.1) is 0 Å². The molecule has 31 heavy (non-hydrogen) atoms. The van der Waals surface area contributed by atoms with Gasteiger partial charge in [0.2, 0.25) is 5.91 Å². The number of methoxy groups -OCH3 is 1. The molecule has 0 atom stereocenters. The van der Waals surface area contributed by atoms with Gasteiger partial charge in [-0.3, -0.25) is 19.9 Å². The van der Waals surface area contributed by atoms with Gasteiger partial charge in [-0.1, -0.05) is 23.9 Å². The number of thioether (sulfide) groups is 1. The first kappa shape index (κ1) is 20.7. The molecule has 0 aliphatic carbocycles. The predicted octanol–water partition coefficient (Wildman–Crippen LogP) is 3.58. The van der Waals surface area contributed by atoms with Crippen molar-refractivity contribution in [2.75, 3.05) is 18.2 Å². The lowest BCUT2D eigenvalue weighted by molar-refractivity contribution is -0.113. The van der Waals surface area contributed by atoms with Crippen molar-refractivity contribution in [3.05, 3.63) is 65.3 Å². The van der Waals surface area contributed by atoms with Crippen LogP contribution >= 0.6 is 11.8 Å². The van der Waals surface area contributed by atoms with Crippen molar-refractivity contribution < 1.29 is 9.53 Å². The summed E-state index contributed by atoms with van der Waals surface area (Å²) < 4.78 is 6.96. The number of hydrogen-bond acceptors (Lipinski definition) is 6. The maximum Gasteiger partial charge on any atom is 0.234 e. The van der Waals surface area contributed by atoms with E-state index in [9.17, 15) is 4.79 Å². The van der Waals surface area contributed by atoms with Gasteiger partial charge in [0.05, 0.1) is 18.2 Å². The van der Waals surface area contributed by atoms with Gasteiger partial charge in [0.1, 0.15) is 11.2 Å². The summed E-state index contributed by atoms with van der Waals surface area (Å²) in [6.07, 6.45) is 0. The maximum absolute atomic E-state index is 12.5. The molecule has 0 unspecified atom stereocenters. The van der Waals surface area contributed by atoms with Gasteiger partial charge >= 0.3 is 0 Å². The first-order valence-corrected chi connectivity index (χ1v) is 10.6. The van der Waals surface area contributed by atoms with Crippen LogP contribution in [0.2, 0.25) is 0 Å². The van der Waals surface area contributed by atoms with Crippen LogP contribution in [0.4, 0.5) is 5.69 Å². The Morgan fingerprint density at radius 2 is 2.00 bits per heavy atom. The van der Waals surface area contributed by atoms with Crippen molar-refractivity contribution in [2.45, 2.75) is 19.0 Å². The topological polar surface area (TPSA) is 109 Å². The number of aromatic amines is 1. The molecule has 3 N–H and O–H groups in total. The van der Waals surface area contributed by atoms with Crippen LogP contribution in [-0.4, -0.2) is 38.5 Å². The average Bonchev–Trinajstić information content (AvgIpc) is 3.13. The van der Waals surface area contributed by atoms with Crippen LogP contribution < -0.4 is 15.5 Å². The minimum Gasteiger partial charge on any atom is -0.497 e. The zero-order valence-corrected chi connectivity index (χ0v) is 18.2. The van der Waals surface area contributed by atoms with E-state index in [1.165, 1.54) is 11.8 Å². The highest BCUT2D eigenvalue weighted by atomic mass is 32.2. The fourth-order valence-electron chi connectivity index (χ4n) is 3.25. The Hall–Kier alpha value is -3.59. The first-order chi connectivity index (χ1) is 15.0. The maximum atomic E-state index is 12.5. The number of aromatic nitrogens is 4. The van der Waals surface area contributed by atoms with Gasteiger partial charge < -0.3 is 10.1 Å². The fraction of sp³-hybridized carbons (Fsp3) is 0.182. The summed E-state index contributed by atoms with van der Waals surface area (Å²) in [6, 6.07) is 15.0. The molecule has 0 aliphatic heterocycles. The first-order valence-electron chi connectivity index (χ1n) is 9.62. The molecule has 4 aromatic rings. The Morgan fingerprint density at radius 3 is 2.71 bits per heavy atom. The smallest absolute Gasteiger partial charge is 0.234 e. The van der Waals surface area contributed by atoms with Gasteiger partial charge in [0.25, 0.3) is 0 Å². The molecule has 8 nitrogen and oxygen atoms in total. The van der Waals surface area contributed by atoms with Crippen molar-refractivity contribution in [1.82, 2.24) is 19.7 Å². The Balaban J connectivity index is 1.67. The molecule has 0 saturated heterocycles. The van der Waals surface area contributed by atoms with E-state index in [0.717, 1.165) is 28.4 Å². The molecule has 2 heterocycles. The van der Waals surface area contributed by atoms with Crippen LogP contribution in [0.25, 0.3) is 16.7 Å². The number of hydrogen-bond donors (Lipinski definition) is 3. The quantitative estimate of drug-likeness (QED) is 0.317. The lowest BCUT2D eigenvalue weighted by Crippen LogP contribution is -2.23. The van der Waals surface area contributed by atoms with Crippen molar-refractivity contribution in [3.8, 4) is 11.4 Å². The average molecular weight is 435 g/mol. The number of fused-ring (bicyclic) bond motifs is 1. The van der Waals surface area contributed by atoms with E-state index in [-0.39, 0.29) is 17.1 Å². The third-order valence-electron chi connectivity index (χ3n) is 4.75. The number of nitrogens with one attached hydrogen (secondary N) is 3. The van der Waals surface area contributed by atoms with Gasteiger partial charge in [-0.05, 0) is 55.8 Å².